The Bertz CT molecular complexity index is 1490. The number of ether oxygens (including phenoxy) is 1. The number of esters is 1. The average Bonchev–Trinajstić information content (AvgIpc) is 3.08. The number of allylic oxidation sites excluding steroid dienone is 1. The van der Waals surface area contributed by atoms with Gasteiger partial charge >= 0.3 is 11.7 Å². The van der Waals surface area contributed by atoms with Gasteiger partial charge in [0.25, 0.3) is 5.56 Å². The lowest BCUT2D eigenvalue weighted by molar-refractivity contribution is -0.134. The number of fused-ring (bicyclic) bond motifs is 4. The van der Waals surface area contributed by atoms with Gasteiger partial charge in [-0.25, -0.2) is 9.79 Å². The van der Waals surface area contributed by atoms with Crippen molar-refractivity contribution >= 4 is 34.9 Å². The fourth-order valence-electron chi connectivity index (χ4n) is 4.41. The zero-order valence-electron chi connectivity index (χ0n) is 17.5. The van der Waals surface area contributed by atoms with E-state index < -0.39 is 23.1 Å². The van der Waals surface area contributed by atoms with Crippen LogP contribution in [0.3, 0.4) is 0 Å². The Hall–Kier alpha value is -3.71. The second-order valence-electron chi connectivity index (χ2n) is 7.77. The van der Waals surface area contributed by atoms with Crippen LogP contribution in [0.25, 0.3) is 5.76 Å². The van der Waals surface area contributed by atoms with Gasteiger partial charge < -0.3 is 4.74 Å². The first-order chi connectivity index (χ1) is 15.3. The predicted molar refractivity (Wildman–Crippen MR) is 122 cm³/mol. The van der Waals surface area contributed by atoms with Crippen molar-refractivity contribution in [3.05, 3.63) is 102 Å². The summed E-state index contributed by atoms with van der Waals surface area (Å²) < 4.78 is 8.11. The number of aliphatic imine (C=N–C) groups is 1. The fourth-order valence-corrected chi connectivity index (χ4v) is 4.54. The number of carbonyl (C=O) groups is 1. The van der Waals surface area contributed by atoms with E-state index in [-0.39, 0.29) is 5.82 Å². The van der Waals surface area contributed by atoms with E-state index in [4.69, 9.17) is 21.3 Å². The van der Waals surface area contributed by atoms with Crippen LogP contribution < -0.4 is 11.2 Å². The molecule has 160 valence electrons. The van der Waals surface area contributed by atoms with Gasteiger partial charge in [0.05, 0.1) is 11.3 Å². The molecule has 1 aliphatic carbocycles. The number of aromatic nitrogens is 2. The molecule has 0 amide bonds. The van der Waals surface area contributed by atoms with Crippen LogP contribution in [0.4, 0.5) is 5.82 Å². The number of halogens is 1. The largest absolute Gasteiger partial charge is 0.426 e. The van der Waals surface area contributed by atoms with Gasteiger partial charge in [0.1, 0.15) is 11.6 Å². The van der Waals surface area contributed by atoms with Gasteiger partial charge in [0, 0.05) is 48.7 Å². The van der Waals surface area contributed by atoms with Crippen molar-refractivity contribution in [1.82, 2.24) is 9.13 Å². The number of hydrogen-bond donors (Lipinski definition) is 0. The maximum absolute atomic E-state index is 13.4. The third-order valence-corrected chi connectivity index (χ3v) is 6.09. The van der Waals surface area contributed by atoms with Crippen molar-refractivity contribution in [2.45, 2.75) is 12.8 Å². The third-order valence-electron chi connectivity index (χ3n) is 5.84. The zero-order chi connectivity index (χ0) is 22.7. The summed E-state index contributed by atoms with van der Waals surface area (Å²) in [6.45, 7) is 1.34. The molecule has 0 unspecified atom stereocenters. The molecule has 3 aromatic rings. The lowest BCUT2D eigenvalue weighted by Gasteiger charge is -2.27. The molecule has 0 radical (unpaired) electrons. The van der Waals surface area contributed by atoms with E-state index in [0.717, 1.165) is 15.7 Å². The smallest absolute Gasteiger partial charge is 0.332 e. The van der Waals surface area contributed by atoms with E-state index in [1.807, 2.05) is 36.4 Å². The molecule has 0 saturated heterocycles. The molecular formula is C24H18ClN3O4. The number of hydrogen-bond acceptors (Lipinski definition) is 5. The molecule has 7 nitrogen and oxygen atoms in total. The molecular weight excluding hydrogens is 430 g/mol. The first-order valence-electron chi connectivity index (χ1n) is 9.96. The lowest BCUT2D eigenvalue weighted by atomic mass is 9.81. The van der Waals surface area contributed by atoms with Gasteiger partial charge in [0.15, 0.2) is 0 Å². The highest BCUT2D eigenvalue weighted by atomic mass is 35.5. The molecule has 0 N–H and O–H groups in total. The Morgan fingerprint density at radius 3 is 2.31 bits per heavy atom. The second kappa shape index (κ2) is 7.17. The Kier molecular flexibility index (Phi) is 4.53. The van der Waals surface area contributed by atoms with Crippen LogP contribution >= 0.6 is 11.6 Å². The number of benzene rings is 2. The van der Waals surface area contributed by atoms with Gasteiger partial charge in [-0.05, 0) is 17.7 Å². The summed E-state index contributed by atoms with van der Waals surface area (Å²) in [5.74, 6) is -0.427. The van der Waals surface area contributed by atoms with E-state index in [0.29, 0.717) is 33.2 Å². The van der Waals surface area contributed by atoms with Crippen LogP contribution in [-0.4, -0.2) is 20.8 Å². The molecule has 1 aliphatic heterocycles. The molecule has 32 heavy (non-hydrogen) atoms. The Balaban J connectivity index is 1.95. The Morgan fingerprint density at radius 1 is 1.00 bits per heavy atom. The van der Waals surface area contributed by atoms with E-state index >= 15 is 0 Å². The first kappa shape index (κ1) is 20.2. The highest BCUT2D eigenvalue weighted by Gasteiger charge is 2.42. The molecule has 2 aromatic carbocycles. The van der Waals surface area contributed by atoms with Crippen LogP contribution in [0, 0.1) is 0 Å². The highest BCUT2D eigenvalue weighted by molar-refractivity contribution is 6.30. The molecule has 0 fully saturated rings. The normalized spacial score (nSPS) is 16.2. The van der Waals surface area contributed by atoms with Crippen molar-refractivity contribution in [1.29, 1.82) is 0 Å². The summed E-state index contributed by atoms with van der Waals surface area (Å²) in [5, 5.41) is 0.552. The Morgan fingerprint density at radius 2 is 1.66 bits per heavy atom. The van der Waals surface area contributed by atoms with Crippen LogP contribution in [0.1, 0.15) is 35.1 Å². The van der Waals surface area contributed by atoms with Gasteiger partial charge in [-0.1, -0.05) is 48.0 Å². The van der Waals surface area contributed by atoms with Crippen molar-refractivity contribution in [3.8, 4) is 0 Å². The third kappa shape index (κ3) is 2.81. The Labute approximate surface area is 187 Å². The van der Waals surface area contributed by atoms with Crippen molar-refractivity contribution in [2.75, 3.05) is 0 Å². The lowest BCUT2D eigenvalue weighted by Crippen LogP contribution is -2.41. The predicted octanol–water partition coefficient (Wildman–Crippen LogP) is 3.29. The van der Waals surface area contributed by atoms with Gasteiger partial charge in [-0.3, -0.25) is 18.7 Å². The summed E-state index contributed by atoms with van der Waals surface area (Å²) in [7, 11) is 3.03. The maximum atomic E-state index is 13.4. The summed E-state index contributed by atoms with van der Waals surface area (Å²) in [5.41, 5.74) is 2.88. The maximum Gasteiger partial charge on any atom is 0.332 e. The quantitative estimate of drug-likeness (QED) is 0.564. The molecule has 0 bridgehead atoms. The summed E-state index contributed by atoms with van der Waals surface area (Å²) in [4.78, 5) is 42.8. The zero-order valence-corrected chi connectivity index (χ0v) is 18.3. The fraction of sp³-hybridized carbons (Fsp3) is 0.167. The van der Waals surface area contributed by atoms with Crippen molar-refractivity contribution < 1.29 is 9.53 Å². The van der Waals surface area contributed by atoms with Crippen LogP contribution in [-0.2, 0) is 23.6 Å². The standard InChI is InChI=1S/C24H18ClN3O4/c1-12(29)32-21-16-7-5-4-6-15(16)20-18(21)17(13-8-10-14(25)11-9-13)19-22(26-20)27(2)24(31)28(3)23(19)30/h4-11,17H,1-3H3/t17-/m0/s1. The monoisotopic (exact) mass is 447 g/mol. The topological polar surface area (TPSA) is 82.7 Å². The van der Waals surface area contributed by atoms with Gasteiger partial charge in [0.2, 0.25) is 0 Å². The van der Waals surface area contributed by atoms with E-state index in [2.05, 4.69) is 0 Å². The van der Waals surface area contributed by atoms with Gasteiger partial charge in [-0.2, -0.15) is 0 Å². The number of rotatable bonds is 2. The molecule has 8 heteroatoms. The summed E-state index contributed by atoms with van der Waals surface area (Å²) in [6.07, 6.45) is 0. The molecule has 0 saturated carbocycles. The molecule has 2 aliphatic rings. The van der Waals surface area contributed by atoms with Crippen molar-refractivity contribution in [3.63, 3.8) is 0 Å². The highest BCUT2D eigenvalue weighted by Crippen LogP contribution is 2.48. The minimum Gasteiger partial charge on any atom is -0.426 e. The first-order valence-corrected chi connectivity index (χ1v) is 10.3. The summed E-state index contributed by atoms with van der Waals surface area (Å²) in [6, 6.07) is 14.6. The molecule has 0 spiro atoms. The second-order valence-corrected chi connectivity index (χ2v) is 8.21. The average molecular weight is 448 g/mol. The van der Waals surface area contributed by atoms with E-state index in [9.17, 15) is 14.4 Å². The van der Waals surface area contributed by atoms with E-state index in [1.165, 1.54) is 18.5 Å². The summed E-state index contributed by atoms with van der Waals surface area (Å²) >= 11 is 6.12. The molecule has 2 heterocycles. The van der Waals surface area contributed by atoms with Crippen molar-refractivity contribution in [2.24, 2.45) is 19.1 Å². The SMILES string of the molecule is CC(=O)OC1=C2C(=Nc3c(c(=O)n(C)c(=O)n3C)[C@H]2c2ccc(Cl)cc2)c2ccccc21. The van der Waals surface area contributed by atoms with Crippen LogP contribution in [0.15, 0.2) is 68.7 Å². The number of carbonyl (C=O) groups excluding carboxylic acids is 1. The van der Waals surface area contributed by atoms with E-state index in [1.54, 1.807) is 19.2 Å². The van der Waals surface area contributed by atoms with Crippen LogP contribution in [0.5, 0.6) is 0 Å². The molecule has 1 aromatic heterocycles. The molecule has 5 rings (SSSR count). The minimum absolute atomic E-state index is 0.288. The van der Waals surface area contributed by atoms with Gasteiger partial charge in [-0.15, -0.1) is 0 Å². The number of nitrogens with zero attached hydrogens (tertiary/aromatic N) is 3. The molecule has 1 atom stereocenters. The van der Waals surface area contributed by atoms with Crippen LogP contribution in [0.2, 0.25) is 5.02 Å². The minimum atomic E-state index is -0.609.